The Morgan fingerprint density at radius 1 is 1.07 bits per heavy atom. The summed E-state index contributed by atoms with van der Waals surface area (Å²) in [6.45, 7) is 4.23. The molecular weight excluding hydrogens is 344 g/mol. The van der Waals surface area contributed by atoms with E-state index < -0.39 is 5.97 Å². The zero-order chi connectivity index (χ0) is 19.2. The number of piperazine rings is 1. The SMILES string of the molecule is COC(=O)c1ccc(C(=O)NCc2cccnc2N2CCN(C)CC2)cc1. The third-order valence-corrected chi connectivity index (χ3v) is 4.68. The van der Waals surface area contributed by atoms with Crippen molar-refractivity contribution in [3.63, 3.8) is 0 Å². The molecule has 1 aromatic heterocycles. The van der Waals surface area contributed by atoms with Crippen LogP contribution in [0, 0.1) is 0 Å². The maximum atomic E-state index is 12.4. The number of hydrogen-bond donors (Lipinski definition) is 1. The molecule has 0 radical (unpaired) electrons. The number of amides is 1. The Bertz CT molecular complexity index is 799. The molecule has 2 heterocycles. The van der Waals surface area contributed by atoms with Crippen LogP contribution in [0.1, 0.15) is 26.3 Å². The van der Waals surface area contributed by atoms with Crippen molar-refractivity contribution in [3.8, 4) is 0 Å². The van der Waals surface area contributed by atoms with E-state index >= 15 is 0 Å². The highest BCUT2D eigenvalue weighted by atomic mass is 16.5. The number of carbonyl (C=O) groups excluding carboxylic acids is 2. The van der Waals surface area contributed by atoms with Crippen molar-refractivity contribution >= 4 is 17.7 Å². The molecule has 0 saturated carbocycles. The fourth-order valence-corrected chi connectivity index (χ4v) is 3.02. The Kier molecular flexibility index (Phi) is 6.03. The summed E-state index contributed by atoms with van der Waals surface area (Å²) in [5.41, 5.74) is 1.90. The summed E-state index contributed by atoms with van der Waals surface area (Å²) in [7, 11) is 3.44. The lowest BCUT2D eigenvalue weighted by molar-refractivity contribution is 0.0600. The van der Waals surface area contributed by atoms with Crippen LogP contribution in [-0.4, -0.2) is 62.1 Å². The zero-order valence-corrected chi connectivity index (χ0v) is 15.6. The van der Waals surface area contributed by atoms with Crippen molar-refractivity contribution in [3.05, 3.63) is 59.3 Å². The lowest BCUT2D eigenvalue weighted by Crippen LogP contribution is -2.45. The predicted molar refractivity (Wildman–Crippen MR) is 103 cm³/mol. The van der Waals surface area contributed by atoms with Gasteiger partial charge in [0.25, 0.3) is 5.91 Å². The van der Waals surface area contributed by atoms with Gasteiger partial charge in [0.05, 0.1) is 12.7 Å². The number of aromatic nitrogens is 1. The van der Waals surface area contributed by atoms with E-state index in [1.54, 1.807) is 30.5 Å². The second-order valence-corrected chi connectivity index (χ2v) is 6.53. The van der Waals surface area contributed by atoms with Crippen molar-refractivity contribution in [1.82, 2.24) is 15.2 Å². The molecule has 1 aromatic carbocycles. The molecule has 0 bridgehead atoms. The number of pyridine rings is 1. The van der Waals surface area contributed by atoms with Crippen LogP contribution in [0.25, 0.3) is 0 Å². The highest BCUT2D eigenvalue weighted by molar-refractivity contribution is 5.96. The molecule has 1 aliphatic heterocycles. The third kappa shape index (κ3) is 4.62. The van der Waals surface area contributed by atoms with Gasteiger partial charge in [0.2, 0.25) is 0 Å². The predicted octanol–water partition coefficient (Wildman–Crippen LogP) is 1.55. The Balaban J connectivity index is 1.64. The maximum Gasteiger partial charge on any atom is 0.337 e. The molecular formula is C20H24N4O3. The summed E-state index contributed by atoms with van der Waals surface area (Å²) < 4.78 is 4.67. The second kappa shape index (κ2) is 8.64. The lowest BCUT2D eigenvalue weighted by atomic mass is 10.1. The Labute approximate surface area is 158 Å². The number of carbonyl (C=O) groups is 2. The summed E-state index contributed by atoms with van der Waals surface area (Å²) in [4.78, 5) is 33.0. The number of nitrogens with zero attached hydrogens (tertiary/aromatic N) is 3. The van der Waals surface area contributed by atoms with E-state index in [0.717, 1.165) is 37.6 Å². The zero-order valence-electron chi connectivity index (χ0n) is 15.6. The molecule has 1 aliphatic rings. The average molecular weight is 368 g/mol. The van der Waals surface area contributed by atoms with Crippen LogP contribution < -0.4 is 10.2 Å². The number of nitrogens with one attached hydrogen (secondary N) is 1. The molecule has 1 saturated heterocycles. The van der Waals surface area contributed by atoms with Gasteiger partial charge in [-0.15, -0.1) is 0 Å². The van der Waals surface area contributed by atoms with Crippen LogP contribution in [0.4, 0.5) is 5.82 Å². The molecule has 1 fully saturated rings. The standard InChI is InChI=1S/C20H24N4O3/c1-23-10-12-24(13-11-23)18-17(4-3-9-21-18)14-22-19(25)15-5-7-16(8-6-15)20(26)27-2/h3-9H,10-14H2,1-2H3,(H,22,25). The van der Waals surface area contributed by atoms with Gasteiger partial charge < -0.3 is 19.9 Å². The van der Waals surface area contributed by atoms with Crippen LogP contribution in [0.3, 0.4) is 0 Å². The quantitative estimate of drug-likeness (QED) is 0.807. The second-order valence-electron chi connectivity index (χ2n) is 6.53. The molecule has 3 rings (SSSR count). The van der Waals surface area contributed by atoms with Gasteiger partial charge in [-0.05, 0) is 37.4 Å². The smallest absolute Gasteiger partial charge is 0.337 e. The summed E-state index contributed by atoms with van der Waals surface area (Å²) >= 11 is 0. The minimum Gasteiger partial charge on any atom is -0.465 e. The fraction of sp³-hybridized carbons (Fsp3) is 0.350. The highest BCUT2D eigenvalue weighted by Crippen LogP contribution is 2.18. The number of esters is 1. The molecule has 1 N–H and O–H groups in total. The van der Waals surface area contributed by atoms with Gasteiger partial charge in [-0.3, -0.25) is 4.79 Å². The molecule has 1 amide bonds. The third-order valence-electron chi connectivity index (χ3n) is 4.68. The summed E-state index contributed by atoms with van der Waals surface area (Å²) in [5.74, 6) is 0.306. The van der Waals surface area contributed by atoms with Crippen LogP contribution in [0.2, 0.25) is 0 Å². The van der Waals surface area contributed by atoms with E-state index in [1.165, 1.54) is 7.11 Å². The molecule has 2 aromatic rings. The summed E-state index contributed by atoms with van der Waals surface area (Å²) in [5, 5.41) is 2.93. The number of benzene rings is 1. The molecule has 142 valence electrons. The number of methoxy groups -OCH3 is 1. The van der Waals surface area contributed by atoms with Gasteiger partial charge >= 0.3 is 5.97 Å². The molecule has 7 nitrogen and oxygen atoms in total. The van der Waals surface area contributed by atoms with E-state index in [4.69, 9.17) is 0 Å². The molecule has 0 unspecified atom stereocenters. The van der Waals surface area contributed by atoms with E-state index in [-0.39, 0.29) is 5.91 Å². The maximum absolute atomic E-state index is 12.4. The van der Waals surface area contributed by atoms with Crippen LogP contribution >= 0.6 is 0 Å². The minimum absolute atomic E-state index is 0.195. The minimum atomic E-state index is -0.422. The van der Waals surface area contributed by atoms with E-state index in [9.17, 15) is 9.59 Å². The van der Waals surface area contributed by atoms with Crippen LogP contribution in [0.15, 0.2) is 42.6 Å². The molecule has 0 atom stereocenters. The van der Waals surface area contributed by atoms with Crippen molar-refractivity contribution in [1.29, 1.82) is 0 Å². The largest absolute Gasteiger partial charge is 0.465 e. The van der Waals surface area contributed by atoms with Crippen LogP contribution in [-0.2, 0) is 11.3 Å². The first-order valence-corrected chi connectivity index (χ1v) is 8.92. The number of anilines is 1. The van der Waals surface area contributed by atoms with Gasteiger partial charge in [0.1, 0.15) is 5.82 Å². The number of hydrogen-bond acceptors (Lipinski definition) is 6. The molecule has 0 aliphatic carbocycles. The summed E-state index contributed by atoms with van der Waals surface area (Å²) in [6.07, 6.45) is 1.78. The normalized spacial score (nSPS) is 14.7. The van der Waals surface area contributed by atoms with Gasteiger partial charge in [0, 0.05) is 50.0 Å². The topological polar surface area (TPSA) is 74.8 Å². The Morgan fingerprint density at radius 3 is 2.41 bits per heavy atom. The van der Waals surface area contributed by atoms with Gasteiger partial charge in [-0.1, -0.05) is 6.07 Å². The number of ether oxygens (including phenoxy) is 1. The summed E-state index contributed by atoms with van der Waals surface area (Å²) in [6, 6.07) is 10.3. The van der Waals surface area contributed by atoms with Gasteiger partial charge in [0.15, 0.2) is 0 Å². The monoisotopic (exact) mass is 368 g/mol. The highest BCUT2D eigenvalue weighted by Gasteiger charge is 2.18. The first-order valence-electron chi connectivity index (χ1n) is 8.92. The molecule has 0 spiro atoms. The van der Waals surface area contributed by atoms with E-state index in [1.807, 2.05) is 12.1 Å². The lowest BCUT2D eigenvalue weighted by Gasteiger charge is -2.34. The molecule has 27 heavy (non-hydrogen) atoms. The fourth-order valence-electron chi connectivity index (χ4n) is 3.02. The van der Waals surface area contributed by atoms with Crippen molar-refractivity contribution < 1.29 is 14.3 Å². The van der Waals surface area contributed by atoms with E-state index in [2.05, 4.69) is 31.9 Å². The van der Waals surface area contributed by atoms with Gasteiger partial charge in [-0.2, -0.15) is 0 Å². The van der Waals surface area contributed by atoms with Crippen molar-refractivity contribution in [2.24, 2.45) is 0 Å². The van der Waals surface area contributed by atoms with Gasteiger partial charge in [-0.25, -0.2) is 9.78 Å². The number of rotatable bonds is 5. The first-order chi connectivity index (χ1) is 13.1. The Hall–Kier alpha value is -2.93. The van der Waals surface area contributed by atoms with Crippen molar-refractivity contribution in [2.75, 3.05) is 45.2 Å². The van der Waals surface area contributed by atoms with Crippen LogP contribution in [0.5, 0.6) is 0 Å². The van der Waals surface area contributed by atoms with E-state index in [0.29, 0.717) is 17.7 Å². The number of likely N-dealkylation sites (N-methyl/N-ethyl adjacent to an activating group) is 1. The van der Waals surface area contributed by atoms with Crippen molar-refractivity contribution in [2.45, 2.75) is 6.54 Å². The molecule has 7 heteroatoms. The average Bonchev–Trinajstić information content (AvgIpc) is 2.72. The Morgan fingerprint density at radius 2 is 1.74 bits per heavy atom. The first kappa shape index (κ1) is 18.8.